The highest BCUT2D eigenvalue weighted by Gasteiger charge is 2.47. The van der Waals surface area contributed by atoms with Gasteiger partial charge < -0.3 is 15.0 Å². The Bertz CT molecular complexity index is 881. The summed E-state index contributed by atoms with van der Waals surface area (Å²) in [6.45, 7) is 3.74. The molecule has 3 unspecified atom stereocenters. The third kappa shape index (κ3) is 4.99. The lowest BCUT2D eigenvalue weighted by Gasteiger charge is -2.33. The molecule has 2 aliphatic rings. The molecule has 0 spiro atoms. The van der Waals surface area contributed by atoms with Crippen molar-refractivity contribution in [2.24, 2.45) is 5.92 Å². The molecule has 5 nitrogen and oxygen atoms in total. The molecular formula is C26H32N2O3. The van der Waals surface area contributed by atoms with Gasteiger partial charge in [-0.15, -0.1) is 0 Å². The Morgan fingerprint density at radius 1 is 1.00 bits per heavy atom. The molecule has 2 aromatic rings. The van der Waals surface area contributed by atoms with Gasteiger partial charge in [-0.05, 0) is 55.4 Å². The molecule has 0 bridgehead atoms. The van der Waals surface area contributed by atoms with Gasteiger partial charge >= 0.3 is 0 Å². The summed E-state index contributed by atoms with van der Waals surface area (Å²) in [5, 5.41) is 3.09. The van der Waals surface area contributed by atoms with Crippen molar-refractivity contribution in [3.63, 3.8) is 0 Å². The van der Waals surface area contributed by atoms with Crippen LogP contribution in [-0.4, -0.2) is 35.4 Å². The summed E-state index contributed by atoms with van der Waals surface area (Å²) < 4.78 is 5.44. The molecule has 5 heteroatoms. The van der Waals surface area contributed by atoms with Gasteiger partial charge in [0.15, 0.2) is 0 Å². The van der Waals surface area contributed by atoms with E-state index in [1.165, 1.54) is 6.42 Å². The average molecular weight is 421 g/mol. The minimum absolute atomic E-state index is 0.0181. The number of carbonyl (C=O) groups excluding carboxylic acids is 2. The van der Waals surface area contributed by atoms with E-state index < -0.39 is 6.04 Å². The normalized spacial score (nSPS) is 22.7. The number of carbonyl (C=O) groups is 2. The molecule has 1 saturated heterocycles. The number of rotatable bonds is 7. The summed E-state index contributed by atoms with van der Waals surface area (Å²) >= 11 is 0. The van der Waals surface area contributed by atoms with Crippen molar-refractivity contribution in [3.05, 3.63) is 71.3 Å². The third-order valence-electron chi connectivity index (χ3n) is 6.61. The minimum atomic E-state index is -0.391. The number of hydrogen-bond acceptors (Lipinski definition) is 3. The van der Waals surface area contributed by atoms with Crippen LogP contribution in [0.1, 0.15) is 60.5 Å². The van der Waals surface area contributed by atoms with Crippen molar-refractivity contribution in [1.29, 1.82) is 0 Å². The first-order chi connectivity index (χ1) is 15.2. The van der Waals surface area contributed by atoms with E-state index in [1.54, 1.807) is 0 Å². The SMILES string of the molecule is CCOCc1ccc(CNC(=O)C2CC3CCCCC3N2C(=O)c2ccccc2)cc1. The van der Waals surface area contributed by atoms with E-state index in [2.05, 4.69) is 5.32 Å². The number of nitrogens with one attached hydrogen (secondary N) is 1. The van der Waals surface area contributed by atoms with Gasteiger partial charge in [-0.1, -0.05) is 55.3 Å². The lowest BCUT2D eigenvalue weighted by molar-refractivity contribution is -0.125. The average Bonchev–Trinajstić information content (AvgIpc) is 3.21. The van der Waals surface area contributed by atoms with Crippen LogP contribution in [0.25, 0.3) is 0 Å². The first-order valence-corrected chi connectivity index (χ1v) is 11.5. The fraction of sp³-hybridized carbons (Fsp3) is 0.462. The minimum Gasteiger partial charge on any atom is -0.377 e. The lowest BCUT2D eigenvalue weighted by Crippen LogP contribution is -2.49. The molecule has 31 heavy (non-hydrogen) atoms. The Morgan fingerprint density at radius 3 is 2.45 bits per heavy atom. The van der Waals surface area contributed by atoms with E-state index in [0.29, 0.717) is 31.2 Å². The number of nitrogens with zero attached hydrogens (tertiary/aromatic N) is 1. The molecule has 1 N–H and O–H groups in total. The molecule has 4 rings (SSSR count). The highest BCUT2D eigenvalue weighted by molar-refractivity contribution is 5.98. The van der Waals surface area contributed by atoms with E-state index in [0.717, 1.165) is 36.8 Å². The second kappa shape index (κ2) is 10.1. The predicted octanol–water partition coefficient (Wildman–Crippen LogP) is 4.31. The first-order valence-electron chi connectivity index (χ1n) is 11.5. The highest BCUT2D eigenvalue weighted by Crippen LogP contribution is 2.40. The molecule has 1 heterocycles. The van der Waals surface area contributed by atoms with Gasteiger partial charge in [0, 0.05) is 24.8 Å². The Morgan fingerprint density at radius 2 is 1.71 bits per heavy atom. The maximum absolute atomic E-state index is 13.3. The van der Waals surface area contributed by atoms with Crippen molar-refractivity contribution in [1.82, 2.24) is 10.2 Å². The summed E-state index contributed by atoms with van der Waals surface area (Å²) in [6.07, 6.45) is 5.18. The van der Waals surface area contributed by atoms with Crippen LogP contribution in [0.2, 0.25) is 0 Å². The zero-order valence-electron chi connectivity index (χ0n) is 18.3. The number of hydrogen-bond donors (Lipinski definition) is 1. The molecular weight excluding hydrogens is 388 g/mol. The van der Waals surface area contributed by atoms with Gasteiger partial charge in [0.05, 0.1) is 6.61 Å². The summed E-state index contributed by atoms with van der Waals surface area (Å²) in [5.41, 5.74) is 2.83. The topological polar surface area (TPSA) is 58.6 Å². The molecule has 0 radical (unpaired) electrons. The van der Waals surface area contributed by atoms with Crippen LogP contribution in [0.15, 0.2) is 54.6 Å². The predicted molar refractivity (Wildman–Crippen MR) is 120 cm³/mol. The van der Waals surface area contributed by atoms with E-state index in [9.17, 15) is 9.59 Å². The molecule has 1 saturated carbocycles. The zero-order valence-corrected chi connectivity index (χ0v) is 18.3. The van der Waals surface area contributed by atoms with Gasteiger partial charge in [0.2, 0.25) is 5.91 Å². The third-order valence-corrected chi connectivity index (χ3v) is 6.61. The molecule has 2 aromatic carbocycles. The van der Waals surface area contributed by atoms with E-state index in [1.807, 2.05) is 66.4 Å². The van der Waals surface area contributed by atoms with Crippen molar-refractivity contribution >= 4 is 11.8 Å². The standard InChI is InChI=1S/C26H32N2O3/c1-2-31-18-20-14-12-19(13-15-20)17-27-25(29)24-16-22-10-6-7-11-23(22)28(24)26(30)21-8-4-3-5-9-21/h3-5,8-9,12-15,22-24H,2,6-7,10-11,16-18H2,1H3,(H,27,29). The zero-order chi connectivity index (χ0) is 21.6. The fourth-order valence-electron chi connectivity index (χ4n) is 5.00. The van der Waals surface area contributed by atoms with Gasteiger partial charge in [0.25, 0.3) is 5.91 Å². The van der Waals surface area contributed by atoms with Gasteiger partial charge in [-0.3, -0.25) is 9.59 Å². The van der Waals surface area contributed by atoms with Crippen LogP contribution in [0.4, 0.5) is 0 Å². The second-order valence-electron chi connectivity index (χ2n) is 8.61. The largest absolute Gasteiger partial charge is 0.377 e. The Kier molecular flexibility index (Phi) is 7.03. The quantitative estimate of drug-likeness (QED) is 0.726. The number of amides is 2. The number of likely N-dealkylation sites (tertiary alicyclic amines) is 1. The first kappa shape index (κ1) is 21.6. The smallest absolute Gasteiger partial charge is 0.254 e. The number of fused-ring (bicyclic) bond motifs is 1. The maximum Gasteiger partial charge on any atom is 0.254 e. The van der Waals surface area contributed by atoms with E-state index in [4.69, 9.17) is 4.74 Å². The summed E-state index contributed by atoms with van der Waals surface area (Å²) in [4.78, 5) is 28.4. The molecule has 3 atom stereocenters. The van der Waals surface area contributed by atoms with E-state index >= 15 is 0 Å². The lowest BCUT2D eigenvalue weighted by atomic mass is 9.84. The maximum atomic E-state index is 13.3. The van der Waals surface area contributed by atoms with Crippen molar-refractivity contribution < 1.29 is 14.3 Å². The van der Waals surface area contributed by atoms with Crippen LogP contribution < -0.4 is 5.32 Å². The van der Waals surface area contributed by atoms with Gasteiger partial charge in [0.1, 0.15) is 6.04 Å². The number of ether oxygens (including phenoxy) is 1. The van der Waals surface area contributed by atoms with Crippen molar-refractivity contribution in [2.45, 2.75) is 64.3 Å². The Balaban J connectivity index is 1.44. The molecule has 2 fully saturated rings. The number of benzene rings is 2. The van der Waals surface area contributed by atoms with Gasteiger partial charge in [-0.2, -0.15) is 0 Å². The van der Waals surface area contributed by atoms with Crippen LogP contribution >= 0.6 is 0 Å². The monoisotopic (exact) mass is 420 g/mol. The summed E-state index contributed by atoms with van der Waals surface area (Å²) in [6, 6.07) is 17.3. The Labute approximate surface area is 184 Å². The second-order valence-corrected chi connectivity index (χ2v) is 8.61. The summed E-state index contributed by atoms with van der Waals surface area (Å²) in [7, 11) is 0. The summed E-state index contributed by atoms with van der Waals surface area (Å²) in [5.74, 6) is 0.363. The van der Waals surface area contributed by atoms with Crippen molar-refractivity contribution in [2.75, 3.05) is 6.61 Å². The molecule has 164 valence electrons. The molecule has 1 aliphatic carbocycles. The van der Waals surface area contributed by atoms with Gasteiger partial charge in [-0.25, -0.2) is 0 Å². The Hall–Kier alpha value is -2.66. The van der Waals surface area contributed by atoms with Crippen LogP contribution in [0.5, 0.6) is 0 Å². The van der Waals surface area contributed by atoms with Crippen LogP contribution in [0, 0.1) is 5.92 Å². The van der Waals surface area contributed by atoms with E-state index in [-0.39, 0.29) is 17.9 Å². The molecule has 1 aliphatic heterocycles. The molecule has 2 amide bonds. The van der Waals surface area contributed by atoms with Crippen LogP contribution in [0.3, 0.4) is 0 Å². The molecule has 0 aromatic heterocycles. The van der Waals surface area contributed by atoms with Crippen molar-refractivity contribution in [3.8, 4) is 0 Å². The fourth-order valence-corrected chi connectivity index (χ4v) is 5.00. The highest BCUT2D eigenvalue weighted by atomic mass is 16.5. The van der Waals surface area contributed by atoms with Crippen LogP contribution in [-0.2, 0) is 22.7 Å².